The number of nitrogens with one attached hydrogen (secondary N) is 1. The number of hydrogen-bond acceptors (Lipinski definition) is 4. The molecule has 5 heteroatoms. The van der Waals surface area contributed by atoms with Crippen LogP contribution in [0.5, 0.6) is 0 Å². The van der Waals surface area contributed by atoms with Gasteiger partial charge < -0.3 is 10.1 Å². The van der Waals surface area contributed by atoms with Gasteiger partial charge in [0.15, 0.2) is 4.96 Å². The van der Waals surface area contributed by atoms with E-state index in [1.807, 2.05) is 0 Å². The molecule has 1 aliphatic heterocycles. The Morgan fingerprint density at radius 2 is 2.37 bits per heavy atom. The summed E-state index contributed by atoms with van der Waals surface area (Å²) in [5.74, 6) is 0. The lowest BCUT2D eigenvalue weighted by Gasteiger charge is -2.28. The average Bonchev–Trinajstić information content (AvgIpc) is 2.87. The van der Waals surface area contributed by atoms with Gasteiger partial charge in [-0.15, -0.1) is 11.3 Å². The Bertz CT molecular complexity index is 575. The van der Waals surface area contributed by atoms with Crippen LogP contribution in [0, 0.1) is 13.8 Å². The Balaban J connectivity index is 1.74. The molecule has 0 saturated carbocycles. The first-order valence-electron chi connectivity index (χ1n) is 6.92. The first kappa shape index (κ1) is 13.1. The fourth-order valence-corrected chi connectivity index (χ4v) is 3.73. The average molecular weight is 279 g/mol. The Labute approximate surface area is 117 Å². The minimum atomic E-state index is 0.376. The number of nitrogens with zero attached hydrogens (tertiary/aromatic N) is 2. The third-order valence-corrected chi connectivity index (χ3v) is 4.82. The molecular weight excluding hydrogens is 258 g/mol. The van der Waals surface area contributed by atoms with Crippen LogP contribution in [-0.4, -0.2) is 28.1 Å². The van der Waals surface area contributed by atoms with Crippen LogP contribution in [0.15, 0.2) is 5.38 Å². The predicted molar refractivity (Wildman–Crippen MR) is 77.8 cm³/mol. The Kier molecular flexibility index (Phi) is 3.60. The van der Waals surface area contributed by atoms with Crippen molar-refractivity contribution in [1.29, 1.82) is 0 Å². The molecule has 0 spiro atoms. The van der Waals surface area contributed by atoms with Crippen molar-refractivity contribution < 1.29 is 4.74 Å². The molecular formula is C14H21N3OS. The molecule has 2 unspecified atom stereocenters. The number of imidazole rings is 1. The van der Waals surface area contributed by atoms with Gasteiger partial charge in [-0.1, -0.05) is 0 Å². The van der Waals surface area contributed by atoms with Crippen LogP contribution < -0.4 is 5.32 Å². The van der Waals surface area contributed by atoms with Gasteiger partial charge in [-0.3, -0.25) is 4.40 Å². The topological polar surface area (TPSA) is 38.6 Å². The smallest absolute Gasteiger partial charge is 0.194 e. The quantitative estimate of drug-likeness (QED) is 0.939. The van der Waals surface area contributed by atoms with Gasteiger partial charge in [0.25, 0.3) is 0 Å². The maximum atomic E-state index is 5.59. The zero-order valence-corrected chi connectivity index (χ0v) is 12.6. The van der Waals surface area contributed by atoms with Crippen LogP contribution >= 0.6 is 11.3 Å². The highest BCUT2D eigenvalue weighted by Gasteiger charge is 2.20. The molecule has 2 atom stereocenters. The normalized spacial score (nSPS) is 24.2. The van der Waals surface area contributed by atoms with E-state index in [1.54, 1.807) is 11.3 Å². The summed E-state index contributed by atoms with van der Waals surface area (Å²) in [6.45, 7) is 8.16. The van der Waals surface area contributed by atoms with Crippen molar-refractivity contribution in [3.05, 3.63) is 22.5 Å². The van der Waals surface area contributed by atoms with E-state index >= 15 is 0 Å². The van der Waals surface area contributed by atoms with Gasteiger partial charge >= 0.3 is 0 Å². The molecule has 0 aliphatic carbocycles. The molecule has 3 rings (SSSR count). The highest BCUT2D eigenvalue weighted by molar-refractivity contribution is 7.15. The molecule has 19 heavy (non-hydrogen) atoms. The first-order chi connectivity index (χ1) is 9.15. The van der Waals surface area contributed by atoms with E-state index in [-0.39, 0.29) is 0 Å². The first-order valence-corrected chi connectivity index (χ1v) is 7.80. The Morgan fingerprint density at radius 1 is 1.53 bits per heavy atom. The molecule has 2 aromatic rings. The lowest BCUT2D eigenvalue weighted by Crippen LogP contribution is -2.37. The molecule has 0 radical (unpaired) electrons. The standard InChI is InChI=1S/C14H21N3OS/c1-9-8-19-14-16-11(3)13(17(9)14)7-15-12-4-5-18-10(2)6-12/h8,10,12,15H,4-7H2,1-3H3. The zero-order valence-electron chi connectivity index (χ0n) is 11.8. The molecule has 0 amide bonds. The molecule has 0 bridgehead atoms. The lowest BCUT2D eigenvalue weighted by atomic mass is 10.0. The highest BCUT2D eigenvalue weighted by Crippen LogP contribution is 2.21. The fraction of sp³-hybridized carbons (Fsp3) is 0.643. The number of rotatable bonds is 3. The third kappa shape index (κ3) is 2.55. The predicted octanol–water partition coefficient (Wildman–Crippen LogP) is 2.67. The maximum absolute atomic E-state index is 5.59. The highest BCUT2D eigenvalue weighted by atomic mass is 32.1. The number of fused-ring (bicyclic) bond motifs is 1. The number of thiazole rings is 1. The van der Waals surface area contributed by atoms with Crippen LogP contribution in [0.2, 0.25) is 0 Å². The second kappa shape index (κ2) is 5.23. The Hall–Kier alpha value is -0.910. The molecule has 1 N–H and O–H groups in total. The van der Waals surface area contributed by atoms with E-state index in [9.17, 15) is 0 Å². The summed E-state index contributed by atoms with van der Waals surface area (Å²) in [5, 5.41) is 5.84. The fourth-order valence-electron chi connectivity index (χ4n) is 2.80. The van der Waals surface area contributed by atoms with Crippen LogP contribution in [0.25, 0.3) is 4.96 Å². The van der Waals surface area contributed by atoms with Crippen molar-refractivity contribution in [3.63, 3.8) is 0 Å². The van der Waals surface area contributed by atoms with Crippen molar-refractivity contribution in [2.24, 2.45) is 0 Å². The number of aryl methyl sites for hydroxylation is 2. The molecule has 1 aliphatic rings. The molecule has 0 aromatic carbocycles. The van der Waals surface area contributed by atoms with Gasteiger partial charge in [0.05, 0.1) is 17.5 Å². The second-order valence-electron chi connectivity index (χ2n) is 5.42. The summed E-state index contributed by atoms with van der Waals surface area (Å²) in [5.41, 5.74) is 3.72. The van der Waals surface area contributed by atoms with Crippen molar-refractivity contribution in [2.75, 3.05) is 6.61 Å². The maximum Gasteiger partial charge on any atom is 0.194 e. The molecule has 2 aromatic heterocycles. The van der Waals surface area contributed by atoms with Gasteiger partial charge in [-0.2, -0.15) is 0 Å². The van der Waals surface area contributed by atoms with Crippen molar-refractivity contribution in [1.82, 2.24) is 14.7 Å². The summed E-state index contributed by atoms with van der Waals surface area (Å²) < 4.78 is 7.86. The molecule has 104 valence electrons. The SMILES string of the molecule is Cc1nc2scc(C)n2c1CNC1CCOC(C)C1. The van der Waals surface area contributed by atoms with Gasteiger partial charge in [0.1, 0.15) is 0 Å². The summed E-state index contributed by atoms with van der Waals surface area (Å²) >= 11 is 1.71. The zero-order chi connectivity index (χ0) is 13.4. The molecule has 3 heterocycles. The van der Waals surface area contributed by atoms with E-state index in [0.29, 0.717) is 12.1 Å². The van der Waals surface area contributed by atoms with Gasteiger partial charge in [-0.05, 0) is 33.6 Å². The van der Waals surface area contributed by atoms with Crippen LogP contribution in [-0.2, 0) is 11.3 Å². The van der Waals surface area contributed by atoms with Crippen LogP contribution in [0.4, 0.5) is 0 Å². The second-order valence-corrected chi connectivity index (χ2v) is 6.26. The van der Waals surface area contributed by atoms with Crippen molar-refractivity contribution >= 4 is 16.3 Å². The third-order valence-electron chi connectivity index (χ3n) is 3.87. The molecule has 1 saturated heterocycles. The molecule has 1 fully saturated rings. The minimum Gasteiger partial charge on any atom is -0.378 e. The van der Waals surface area contributed by atoms with E-state index in [2.05, 4.69) is 40.9 Å². The van der Waals surface area contributed by atoms with E-state index in [1.165, 1.54) is 11.4 Å². The van der Waals surface area contributed by atoms with Crippen LogP contribution in [0.3, 0.4) is 0 Å². The van der Waals surface area contributed by atoms with Crippen LogP contribution in [0.1, 0.15) is 36.8 Å². The summed E-state index contributed by atoms with van der Waals surface area (Å²) in [6, 6.07) is 0.563. The van der Waals surface area contributed by atoms with Gasteiger partial charge in [0, 0.05) is 30.3 Å². The number of hydrogen-bond donors (Lipinski definition) is 1. The lowest BCUT2D eigenvalue weighted by molar-refractivity contribution is 0.0130. The van der Waals surface area contributed by atoms with Crippen molar-refractivity contribution in [3.8, 4) is 0 Å². The number of aromatic nitrogens is 2. The van der Waals surface area contributed by atoms with Crippen molar-refractivity contribution in [2.45, 2.75) is 52.3 Å². The largest absolute Gasteiger partial charge is 0.378 e. The monoisotopic (exact) mass is 279 g/mol. The van der Waals surface area contributed by atoms with E-state index in [0.717, 1.165) is 36.6 Å². The summed E-state index contributed by atoms with van der Waals surface area (Å²) in [6.07, 6.45) is 2.58. The van der Waals surface area contributed by atoms with Gasteiger partial charge in [-0.25, -0.2) is 4.98 Å². The Morgan fingerprint density at radius 3 is 3.16 bits per heavy atom. The van der Waals surface area contributed by atoms with Gasteiger partial charge in [0.2, 0.25) is 0 Å². The summed E-state index contributed by atoms with van der Waals surface area (Å²) in [4.78, 5) is 5.73. The molecule has 4 nitrogen and oxygen atoms in total. The number of ether oxygens (including phenoxy) is 1. The van der Waals surface area contributed by atoms with E-state index < -0.39 is 0 Å². The van der Waals surface area contributed by atoms with E-state index in [4.69, 9.17) is 4.74 Å². The minimum absolute atomic E-state index is 0.376. The summed E-state index contributed by atoms with van der Waals surface area (Å²) in [7, 11) is 0.